The maximum atomic E-state index is 13.4. The zero-order valence-electron chi connectivity index (χ0n) is 22.2. The molecule has 1 spiro atoms. The highest BCUT2D eigenvalue weighted by Crippen LogP contribution is 2.58. The summed E-state index contributed by atoms with van der Waals surface area (Å²) in [6, 6.07) is 9.27. The van der Waals surface area contributed by atoms with Crippen molar-refractivity contribution in [3.05, 3.63) is 47.0 Å². The first-order chi connectivity index (χ1) is 18.8. The van der Waals surface area contributed by atoms with E-state index in [1.165, 1.54) is 0 Å². The predicted molar refractivity (Wildman–Crippen MR) is 138 cm³/mol. The quantitative estimate of drug-likeness (QED) is 0.287. The Labute approximate surface area is 226 Å². The van der Waals surface area contributed by atoms with Crippen molar-refractivity contribution >= 4 is 23.3 Å². The van der Waals surface area contributed by atoms with E-state index in [2.05, 4.69) is 0 Å². The van der Waals surface area contributed by atoms with Crippen LogP contribution in [-0.2, 0) is 20.9 Å². The van der Waals surface area contributed by atoms with Crippen LogP contribution in [0.15, 0.2) is 30.3 Å². The van der Waals surface area contributed by atoms with E-state index in [1.54, 1.807) is 0 Å². The molecule has 206 valence electrons. The lowest BCUT2D eigenvalue weighted by molar-refractivity contribution is -0.149. The summed E-state index contributed by atoms with van der Waals surface area (Å²) in [4.78, 5) is 51.3. The van der Waals surface area contributed by atoms with Gasteiger partial charge in [0.15, 0.2) is 34.6 Å². The summed E-state index contributed by atoms with van der Waals surface area (Å²) in [5, 5.41) is 0. The van der Waals surface area contributed by atoms with Gasteiger partial charge in [-0.1, -0.05) is 44.2 Å². The first-order valence-corrected chi connectivity index (χ1v) is 13.6. The molecule has 2 aromatic carbocycles. The second-order valence-electron chi connectivity index (χ2n) is 10.1. The van der Waals surface area contributed by atoms with Gasteiger partial charge in [0, 0.05) is 38.5 Å². The number of benzene rings is 2. The van der Waals surface area contributed by atoms with E-state index in [1.807, 2.05) is 44.2 Å². The van der Waals surface area contributed by atoms with Crippen LogP contribution in [0.25, 0.3) is 0 Å². The smallest absolute Gasteiger partial charge is 0.313 e. The molecule has 3 aliphatic rings. The van der Waals surface area contributed by atoms with Crippen LogP contribution in [0, 0.1) is 0 Å². The number of hydrogen-bond acceptors (Lipinski definition) is 9. The Morgan fingerprint density at radius 2 is 1.38 bits per heavy atom. The fourth-order valence-corrected chi connectivity index (χ4v) is 5.10. The van der Waals surface area contributed by atoms with E-state index in [-0.39, 0.29) is 90.2 Å². The number of Topliss-reactive ketones (excluding diaryl/α,β-unsaturated/α-hetero) is 3. The van der Waals surface area contributed by atoms with Gasteiger partial charge in [-0.15, -0.1) is 0 Å². The van der Waals surface area contributed by atoms with Crippen molar-refractivity contribution in [1.82, 2.24) is 0 Å². The minimum atomic E-state index is -1.13. The van der Waals surface area contributed by atoms with Crippen molar-refractivity contribution in [1.29, 1.82) is 0 Å². The van der Waals surface area contributed by atoms with Gasteiger partial charge in [0.25, 0.3) is 12.1 Å². The summed E-state index contributed by atoms with van der Waals surface area (Å²) >= 11 is 0. The highest BCUT2D eigenvalue weighted by Gasteiger charge is 2.51. The van der Waals surface area contributed by atoms with Crippen LogP contribution < -0.4 is 18.9 Å². The Kier molecular flexibility index (Phi) is 7.59. The molecule has 0 aromatic heterocycles. The van der Waals surface area contributed by atoms with Crippen molar-refractivity contribution in [2.24, 2.45) is 0 Å². The lowest BCUT2D eigenvalue weighted by Crippen LogP contribution is -2.42. The Morgan fingerprint density at radius 1 is 0.846 bits per heavy atom. The van der Waals surface area contributed by atoms with Crippen LogP contribution in [0.1, 0.15) is 97.9 Å². The van der Waals surface area contributed by atoms with Gasteiger partial charge in [0.05, 0.1) is 0 Å². The van der Waals surface area contributed by atoms with Crippen molar-refractivity contribution in [2.45, 2.75) is 90.3 Å². The van der Waals surface area contributed by atoms with Gasteiger partial charge in [0.1, 0.15) is 29.9 Å². The number of fused-ring (bicyclic) bond motifs is 2. The van der Waals surface area contributed by atoms with E-state index in [0.29, 0.717) is 25.7 Å². The Bertz CT molecular complexity index is 1230. The largest absolute Gasteiger partial charge is 0.461 e. The van der Waals surface area contributed by atoms with Gasteiger partial charge in [0.2, 0.25) is 0 Å². The average molecular weight is 537 g/mol. The van der Waals surface area contributed by atoms with Gasteiger partial charge in [-0.3, -0.25) is 19.2 Å². The molecular weight excluding hydrogens is 504 g/mol. The zero-order valence-corrected chi connectivity index (χ0v) is 22.2. The van der Waals surface area contributed by atoms with Crippen LogP contribution in [-0.4, -0.2) is 35.4 Å². The van der Waals surface area contributed by atoms with E-state index in [0.717, 1.165) is 5.56 Å². The number of rotatable bonds is 10. The van der Waals surface area contributed by atoms with E-state index in [4.69, 9.17) is 23.7 Å². The van der Waals surface area contributed by atoms with E-state index >= 15 is 0 Å². The van der Waals surface area contributed by atoms with E-state index in [9.17, 15) is 19.2 Å². The van der Waals surface area contributed by atoms with Gasteiger partial charge in [-0.25, -0.2) is 0 Å². The summed E-state index contributed by atoms with van der Waals surface area (Å²) in [5.41, 5.74) is 1.12. The molecule has 0 amide bonds. The molecule has 9 heteroatoms. The molecule has 2 aliphatic heterocycles. The topological polar surface area (TPSA) is 114 Å². The molecule has 0 N–H and O–H groups in total. The SMILES string of the molecule is CCCC(=O)c1c2c(c(C(=O)CCC)c3c1OC1(CCC(=O)CC1)O3)OC(CC(=O)OCc1ccccc1)O2. The average Bonchev–Trinajstić information content (AvgIpc) is 3.49. The first-order valence-electron chi connectivity index (χ1n) is 13.6. The third-order valence-electron chi connectivity index (χ3n) is 7.05. The van der Waals surface area contributed by atoms with Gasteiger partial charge >= 0.3 is 5.97 Å². The second kappa shape index (κ2) is 11.1. The standard InChI is InChI=1S/C30H32O9/c1-3-8-20(32)24-26-27(37-23(36-26)16-22(34)35-17-18-10-6-5-7-11-18)25(21(33)9-4-2)29-28(24)38-30(39-29)14-12-19(31)13-15-30/h5-7,10-11,23H,3-4,8-9,12-17H2,1-2H3. The van der Waals surface area contributed by atoms with Gasteiger partial charge in [-0.2, -0.15) is 0 Å². The monoisotopic (exact) mass is 536 g/mol. The number of ketones is 3. The van der Waals surface area contributed by atoms with Crippen LogP contribution in [0.4, 0.5) is 0 Å². The van der Waals surface area contributed by atoms with Crippen molar-refractivity contribution < 1.29 is 42.9 Å². The molecule has 2 aromatic rings. The summed E-state index contributed by atoms with van der Waals surface area (Å²) in [6.45, 7) is 3.86. The molecule has 39 heavy (non-hydrogen) atoms. The first kappa shape index (κ1) is 26.7. The number of esters is 1. The highest BCUT2D eigenvalue weighted by molar-refractivity contribution is 6.10. The minimum absolute atomic E-state index is 0.0834. The van der Waals surface area contributed by atoms with Crippen LogP contribution in [0.2, 0.25) is 0 Å². The third-order valence-corrected chi connectivity index (χ3v) is 7.05. The molecular formula is C30H32O9. The fourth-order valence-electron chi connectivity index (χ4n) is 5.10. The summed E-state index contributed by atoms with van der Waals surface area (Å²) in [7, 11) is 0. The Morgan fingerprint density at radius 3 is 1.90 bits per heavy atom. The summed E-state index contributed by atoms with van der Waals surface area (Å²) in [5.74, 6) is -1.59. The van der Waals surface area contributed by atoms with Gasteiger partial charge in [-0.05, 0) is 18.4 Å². The molecule has 0 radical (unpaired) electrons. The Balaban J connectivity index is 1.47. The molecule has 1 fully saturated rings. The van der Waals surface area contributed by atoms with Crippen molar-refractivity contribution in [3.8, 4) is 23.0 Å². The predicted octanol–water partition coefficient (Wildman–Crippen LogP) is 5.49. The summed E-state index contributed by atoms with van der Waals surface area (Å²) < 4.78 is 30.0. The Hall–Kier alpha value is -3.88. The lowest BCUT2D eigenvalue weighted by atomic mass is 9.93. The van der Waals surface area contributed by atoms with Crippen LogP contribution >= 0.6 is 0 Å². The second-order valence-corrected chi connectivity index (χ2v) is 10.1. The number of carbonyl (C=O) groups excluding carboxylic acids is 4. The molecule has 5 rings (SSSR count). The molecule has 1 saturated carbocycles. The molecule has 0 atom stereocenters. The molecule has 1 aliphatic carbocycles. The third kappa shape index (κ3) is 5.35. The minimum Gasteiger partial charge on any atom is -0.461 e. The van der Waals surface area contributed by atoms with Crippen LogP contribution in [0.3, 0.4) is 0 Å². The number of hydrogen-bond donors (Lipinski definition) is 0. The van der Waals surface area contributed by atoms with Crippen molar-refractivity contribution in [3.63, 3.8) is 0 Å². The molecule has 0 saturated heterocycles. The van der Waals surface area contributed by atoms with Crippen molar-refractivity contribution in [2.75, 3.05) is 0 Å². The summed E-state index contributed by atoms with van der Waals surface area (Å²) in [6.07, 6.45) is 1.43. The maximum Gasteiger partial charge on any atom is 0.313 e. The lowest BCUT2D eigenvalue weighted by Gasteiger charge is -2.30. The van der Waals surface area contributed by atoms with E-state index < -0.39 is 18.0 Å². The number of carbonyl (C=O) groups is 4. The number of ether oxygens (including phenoxy) is 5. The molecule has 0 bridgehead atoms. The molecule has 0 unspecified atom stereocenters. The maximum absolute atomic E-state index is 13.4. The van der Waals surface area contributed by atoms with Crippen LogP contribution in [0.5, 0.6) is 23.0 Å². The van der Waals surface area contributed by atoms with Gasteiger partial charge < -0.3 is 23.7 Å². The normalized spacial score (nSPS) is 16.9. The highest BCUT2D eigenvalue weighted by atomic mass is 16.7. The fraction of sp³-hybridized carbons (Fsp3) is 0.467. The molecule has 2 heterocycles. The molecule has 9 nitrogen and oxygen atoms in total. The zero-order chi connectivity index (χ0) is 27.6.